The SMILES string of the molecule is COc1ccc(CC(C)N)cc1OCCc1ccccn1. The van der Waals surface area contributed by atoms with E-state index >= 15 is 0 Å². The molecule has 0 aliphatic rings. The van der Waals surface area contributed by atoms with Gasteiger partial charge >= 0.3 is 0 Å². The summed E-state index contributed by atoms with van der Waals surface area (Å²) in [7, 11) is 1.65. The van der Waals surface area contributed by atoms with E-state index in [1.54, 1.807) is 13.3 Å². The summed E-state index contributed by atoms with van der Waals surface area (Å²) >= 11 is 0. The van der Waals surface area contributed by atoms with Crippen LogP contribution in [0, 0.1) is 0 Å². The van der Waals surface area contributed by atoms with Gasteiger partial charge in [-0.05, 0) is 43.2 Å². The minimum Gasteiger partial charge on any atom is -0.493 e. The van der Waals surface area contributed by atoms with Crippen LogP contribution in [0.2, 0.25) is 0 Å². The minimum atomic E-state index is 0.125. The first-order valence-corrected chi connectivity index (χ1v) is 7.14. The number of ether oxygens (including phenoxy) is 2. The van der Waals surface area contributed by atoms with E-state index in [0.29, 0.717) is 6.61 Å². The van der Waals surface area contributed by atoms with Crippen molar-refractivity contribution in [3.8, 4) is 11.5 Å². The van der Waals surface area contributed by atoms with Crippen molar-refractivity contribution < 1.29 is 9.47 Å². The number of nitrogens with two attached hydrogens (primary N) is 1. The molecular formula is C17H22N2O2. The molecule has 21 heavy (non-hydrogen) atoms. The lowest BCUT2D eigenvalue weighted by atomic mass is 10.1. The summed E-state index contributed by atoms with van der Waals surface area (Å²) in [5, 5.41) is 0. The molecule has 0 bridgehead atoms. The van der Waals surface area contributed by atoms with E-state index in [2.05, 4.69) is 4.98 Å². The van der Waals surface area contributed by atoms with Crippen LogP contribution in [0.1, 0.15) is 18.2 Å². The van der Waals surface area contributed by atoms with E-state index in [-0.39, 0.29) is 6.04 Å². The van der Waals surface area contributed by atoms with Gasteiger partial charge in [0.1, 0.15) is 0 Å². The Morgan fingerprint density at radius 3 is 2.71 bits per heavy atom. The van der Waals surface area contributed by atoms with Crippen molar-refractivity contribution in [3.63, 3.8) is 0 Å². The van der Waals surface area contributed by atoms with Gasteiger partial charge in [-0.1, -0.05) is 12.1 Å². The first-order chi connectivity index (χ1) is 10.2. The van der Waals surface area contributed by atoms with Gasteiger partial charge in [0.15, 0.2) is 11.5 Å². The fourth-order valence-corrected chi connectivity index (χ4v) is 2.14. The average Bonchev–Trinajstić information content (AvgIpc) is 2.48. The predicted octanol–water partition coefficient (Wildman–Crippen LogP) is 2.60. The molecule has 1 aromatic carbocycles. The molecule has 1 atom stereocenters. The monoisotopic (exact) mass is 286 g/mol. The van der Waals surface area contributed by atoms with E-state index in [4.69, 9.17) is 15.2 Å². The molecule has 2 rings (SSSR count). The van der Waals surface area contributed by atoms with Crippen molar-refractivity contribution in [2.24, 2.45) is 5.73 Å². The zero-order valence-electron chi connectivity index (χ0n) is 12.6. The van der Waals surface area contributed by atoms with Crippen LogP contribution in [0.25, 0.3) is 0 Å². The number of pyridine rings is 1. The third kappa shape index (κ3) is 4.76. The van der Waals surface area contributed by atoms with Crippen LogP contribution in [0.4, 0.5) is 0 Å². The van der Waals surface area contributed by atoms with Gasteiger partial charge in [0.05, 0.1) is 13.7 Å². The maximum Gasteiger partial charge on any atom is 0.161 e. The predicted molar refractivity (Wildman–Crippen MR) is 83.8 cm³/mol. The quantitative estimate of drug-likeness (QED) is 0.850. The highest BCUT2D eigenvalue weighted by Gasteiger charge is 2.07. The fraction of sp³-hybridized carbons (Fsp3) is 0.353. The molecular weight excluding hydrogens is 264 g/mol. The Balaban J connectivity index is 2.00. The second-order valence-corrected chi connectivity index (χ2v) is 5.09. The van der Waals surface area contributed by atoms with Gasteiger partial charge < -0.3 is 15.2 Å². The molecule has 4 heteroatoms. The Morgan fingerprint density at radius 1 is 1.19 bits per heavy atom. The van der Waals surface area contributed by atoms with Gasteiger partial charge in [0.2, 0.25) is 0 Å². The number of hydrogen-bond donors (Lipinski definition) is 1. The number of benzene rings is 1. The smallest absolute Gasteiger partial charge is 0.161 e. The van der Waals surface area contributed by atoms with Crippen LogP contribution in [-0.2, 0) is 12.8 Å². The first kappa shape index (κ1) is 15.3. The summed E-state index contributed by atoms with van der Waals surface area (Å²) in [6.45, 7) is 2.56. The van der Waals surface area contributed by atoms with Crippen LogP contribution in [-0.4, -0.2) is 24.7 Å². The zero-order chi connectivity index (χ0) is 15.1. The summed E-state index contributed by atoms with van der Waals surface area (Å²) in [5.74, 6) is 1.50. The highest BCUT2D eigenvalue weighted by molar-refractivity contribution is 5.43. The molecule has 0 saturated carbocycles. The molecule has 0 amide bonds. The van der Waals surface area contributed by atoms with E-state index in [9.17, 15) is 0 Å². The lowest BCUT2D eigenvalue weighted by Crippen LogP contribution is -2.17. The molecule has 1 heterocycles. The summed E-state index contributed by atoms with van der Waals surface area (Å²) in [6, 6.07) is 12.0. The molecule has 0 aliphatic carbocycles. The van der Waals surface area contributed by atoms with Crippen molar-refractivity contribution in [2.45, 2.75) is 25.8 Å². The maximum atomic E-state index is 5.85. The topological polar surface area (TPSA) is 57.4 Å². The van der Waals surface area contributed by atoms with Gasteiger partial charge in [-0.3, -0.25) is 4.98 Å². The standard InChI is InChI=1S/C17H22N2O2/c1-13(18)11-14-6-7-16(20-2)17(12-14)21-10-8-15-5-3-4-9-19-15/h3-7,9,12-13H,8,10-11,18H2,1-2H3. The van der Waals surface area contributed by atoms with Crippen molar-refractivity contribution in [3.05, 3.63) is 53.9 Å². The highest BCUT2D eigenvalue weighted by Crippen LogP contribution is 2.28. The Bertz CT molecular complexity index is 556. The fourth-order valence-electron chi connectivity index (χ4n) is 2.14. The molecule has 0 spiro atoms. The Morgan fingerprint density at radius 2 is 2.05 bits per heavy atom. The molecule has 1 unspecified atom stereocenters. The van der Waals surface area contributed by atoms with Crippen molar-refractivity contribution in [2.75, 3.05) is 13.7 Å². The third-order valence-corrected chi connectivity index (χ3v) is 3.13. The Hall–Kier alpha value is -2.07. The maximum absolute atomic E-state index is 5.85. The van der Waals surface area contributed by atoms with Crippen LogP contribution in [0.3, 0.4) is 0 Å². The number of hydrogen-bond acceptors (Lipinski definition) is 4. The van der Waals surface area contributed by atoms with Gasteiger partial charge in [0, 0.05) is 24.4 Å². The second kappa shape index (κ2) is 7.64. The van der Waals surface area contributed by atoms with Crippen molar-refractivity contribution in [1.82, 2.24) is 4.98 Å². The van der Waals surface area contributed by atoms with Gasteiger partial charge in [-0.15, -0.1) is 0 Å². The number of methoxy groups -OCH3 is 1. The number of rotatable bonds is 7. The second-order valence-electron chi connectivity index (χ2n) is 5.09. The van der Waals surface area contributed by atoms with Crippen LogP contribution >= 0.6 is 0 Å². The van der Waals surface area contributed by atoms with Gasteiger partial charge in [0.25, 0.3) is 0 Å². The largest absolute Gasteiger partial charge is 0.493 e. The molecule has 1 aromatic heterocycles. The minimum absolute atomic E-state index is 0.125. The first-order valence-electron chi connectivity index (χ1n) is 7.14. The number of nitrogens with zero attached hydrogens (tertiary/aromatic N) is 1. The summed E-state index contributed by atoms with van der Waals surface area (Å²) in [5.41, 5.74) is 8.01. The summed E-state index contributed by atoms with van der Waals surface area (Å²) < 4.78 is 11.2. The Kier molecular flexibility index (Phi) is 5.58. The van der Waals surface area contributed by atoms with E-state index in [1.807, 2.05) is 43.3 Å². The zero-order valence-corrected chi connectivity index (χ0v) is 12.6. The van der Waals surface area contributed by atoms with Crippen molar-refractivity contribution >= 4 is 0 Å². The third-order valence-electron chi connectivity index (χ3n) is 3.13. The summed E-state index contributed by atoms with van der Waals surface area (Å²) in [4.78, 5) is 4.28. The van der Waals surface area contributed by atoms with E-state index in [0.717, 1.165) is 35.6 Å². The lowest BCUT2D eigenvalue weighted by Gasteiger charge is -2.13. The summed E-state index contributed by atoms with van der Waals surface area (Å²) in [6.07, 6.45) is 3.38. The van der Waals surface area contributed by atoms with E-state index < -0.39 is 0 Å². The van der Waals surface area contributed by atoms with Gasteiger partial charge in [-0.2, -0.15) is 0 Å². The Labute approximate surface area is 125 Å². The van der Waals surface area contributed by atoms with Crippen LogP contribution in [0.5, 0.6) is 11.5 Å². The molecule has 2 N–H and O–H groups in total. The molecule has 0 saturated heterocycles. The van der Waals surface area contributed by atoms with Gasteiger partial charge in [-0.25, -0.2) is 0 Å². The molecule has 0 radical (unpaired) electrons. The van der Waals surface area contributed by atoms with Crippen LogP contribution < -0.4 is 15.2 Å². The van der Waals surface area contributed by atoms with Crippen molar-refractivity contribution in [1.29, 1.82) is 0 Å². The van der Waals surface area contributed by atoms with E-state index in [1.165, 1.54) is 0 Å². The molecule has 0 aliphatic heterocycles. The highest BCUT2D eigenvalue weighted by atomic mass is 16.5. The molecule has 112 valence electrons. The molecule has 0 fully saturated rings. The normalized spacial score (nSPS) is 12.0. The van der Waals surface area contributed by atoms with Crippen LogP contribution in [0.15, 0.2) is 42.6 Å². The number of aromatic nitrogens is 1. The average molecular weight is 286 g/mol. The molecule has 2 aromatic rings. The lowest BCUT2D eigenvalue weighted by molar-refractivity contribution is 0.296. The molecule has 4 nitrogen and oxygen atoms in total.